The lowest BCUT2D eigenvalue weighted by Crippen LogP contribution is -2.37. The van der Waals surface area contributed by atoms with Gasteiger partial charge in [0.2, 0.25) is 21.8 Å². The number of nitrogens with zero attached hydrogens (tertiary/aromatic N) is 3. The molecular weight excluding hydrogens is 411 g/mol. The van der Waals surface area contributed by atoms with Crippen LogP contribution in [0.25, 0.3) is 0 Å². The number of rotatable bonds is 3. The van der Waals surface area contributed by atoms with Gasteiger partial charge in [0.05, 0.1) is 22.0 Å². The van der Waals surface area contributed by atoms with Crippen LogP contribution in [0.2, 0.25) is 5.02 Å². The van der Waals surface area contributed by atoms with Gasteiger partial charge in [-0.05, 0) is 31.0 Å². The van der Waals surface area contributed by atoms with Crippen LogP contribution in [-0.4, -0.2) is 41.8 Å². The summed E-state index contributed by atoms with van der Waals surface area (Å²) in [6.45, 7) is 0.307. The summed E-state index contributed by atoms with van der Waals surface area (Å²) in [6.07, 6.45) is -3.45. The molecule has 2 heterocycles. The predicted octanol–water partition coefficient (Wildman–Crippen LogP) is 2.66. The number of anilines is 2. The number of nitrogens with one attached hydrogen (secondary N) is 2. The molecule has 0 aliphatic carbocycles. The Morgan fingerprint density at radius 3 is 2.63 bits per heavy atom. The second-order valence-corrected chi connectivity index (χ2v) is 8.14. The summed E-state index contributed by atoms with van der Waals surface area (Å²) in [6, 6.07) is 4.01. The van der Waals surface area contributed by atoms with Crippen molar-refractivity contribution in [2.45, 2.75) is 19.0 Å². The molecule has 1 aliphatic rings. The summed E-state index contributed by atoms with van der Waals surface area (Å²) in [5, 5.41) is 6.98. The van der Waals surface area contributed by atoms with Crippen LogP contribution in [0.4, 0.5) is 24.8 Å². The van der Waals surface area contributed by atoms with Gasteiger partial charge in [0.15, 0.2) is 0 Å². The van der Waals surface area contributed by atoms with E-state index >= 15 is 0 Å². The number of hydrogen-bond acceptors (Lipinski definition) is 5. The van der Waals surface area contributed by atoms with Gasteiger partial charge in [-0.25, -0.2) is 8.42 Å². The van der Waals surface area contributed by atoms with Gasteiger partial charge >= 0.3 is 6.18 Å². The van der Waals surface area contributed by atoms with E-state index < -0.39 is 33.9 Å². The minimum atomic E-state index is -4.73. The highest BCUT2D eigenvalue weighted by Gasteiger charge is 2.35. The molecule has 1 aliphatic heterocycles. The van der Waals surface area contributed by atoms with Gasteiger partial charge < -0.3 is 0 Å². The number of hydrogen-bond donors (Lipinski definition) is 2. The van der Waals surface area contributed by atoms with Crippen molar-refractivity contribution in [1.29, 1.82) is 0 Å². The van der Waals surface area contributed by atoms with E-state index in [1.807, 2.05) is 0 Å². The molecule has 0 atom stereocenters. The number of halogens is 4. The van der Waals surface area contributed by atoms with Gasteiger partial charge in [-0.2, -0.15) is 18.2 Å². The van der Waals surface area contributed by atoms with Crippen LogP contribution in [-0.2, 0) is 16.2 Å². The summed E-state index contributed by atoms with van der Waals surface area (Å²) in [5.74, 6) is -2.72. The second-order valence-electron chi connectivity index (χ2n) is 5.72. The Morgan fingerprint density at radius 1 is 1.30 bits per heavy atom. The molecule has 0 spiro atoms. The lowest BCUT2D eigenvalue weighted by atomic mass is 10.2. The highest BCUT2D eigenvalue weighted by atomic mass is 35.5. The molecule has 2 N–H and O–H groups in total. The van der Waals surface area contributed by atoms with Gasteiger partial charge in [-0.15, -0.1) is 5.10 Å². The molecule has 1 aromatic heterocycles. The van der Waals surface area contributed by atoms with Crippen molar-refractivity contribution in [2.75, 3.05) is 21.9 Å². The molecule has 0 saturated carbocycles. The lowest BCUT2D eigenvalue weighted by Gasteiger charge is -2.28. The normalized spacial score (nSPS) is 17.0. The fourth-order valence-corrected chi connectivity index (χ4v) is 4.43. The van der Waals surface area contributed by atoms with Crippen molar-refractivity contribution >= 4 is 39.2 Å². The topological polar surface area (TPSA) is 108 Å². The molecule has 0 bridgehead atoms. The molecule has 13 heteroatoms. The Balaban J connectivity index is 1.79. The average molecular weight is 424 g/mol. The van der Waals surface area contributed by atoms with Crippen molar-refractivity contribution in [2.24, 2.45) is 0 Å². The number of aromatic nitrogens is 3. The number of carbonyl (C=O) groups excluding carboxylic acids is 1. The molecule has 1 fully saturated rings. The quantitative estimate of drug-likeness (QED) is 0.789. The molecule has 0 radical (unpaired) electrons. The van der Waals surface area contributed by atoms with Crippen molar-refractivity contribution in [1.82, 2.24) is 15.2 Å². The SMILES string of the molecule is O=C(Nc1n[nH]c(C(F)(F)F)n1)c1ccc(N2CCCCS2(=O)=O)cc1Cl. The third-order valence-electron chi connectivity index (χ3n) is 3.81. The van der Waals surface area contributed by atoms with Crippen LogP contribution >= 0.6 is 11.6 Å². The zero-order valence-electron chi connectivity index (χ0n) is 13.5. The largest absolute Gasteiger partial charge is 0.451 e. The third-order valence-corrected chi connectivity index (χ3v) is 6.00. The summed E-state index contributed by atoms with van der Waals surface area (Å²) >= 11 is 6.07. The van der Waals surface area contributed by atoms with Crippen LogP contribution in [0.3, 0.4) is 0 Å². The lowest BCUT2D eigenvalue weighted by molar-refractivity contribution is -0.144. The van der Waals surface area contributed by atoms with E-state index in [-0.39, 0.29) is 16.3 Å². The van der Waals surface area contributed by atoms with E-state index in [2.05, 4.69) is 15.4 Å². The minimum absolute atomic E-state index is 0.0270. The number of amides is 1. The van der Waals surface area contributed by atoms with Crippen molar-refractivity contribution in [3.63, 3.8) is 0 Å². The monoisotopic (exact) mass is 423 g/mol. The Kier molecular flexibility index (Phi) is 5.04. The first-order valence-electron chi connectivity index (χ1n) is 7.69. The van der Waals surface area contributed by atoms with Gasteiger partial charge in [0, 0.05) is 6.54 Å². The van der Waals surface area contributed by atoms with Gasteiger partial charge in [0.1, 0.15) is 0 Å². The van der Waals surface area contributed by atoms with Crippen LogP contribution < -0.4 is 9.62 Å². The molecule has 146 valence electrons. The van der Waals surface area contributed by atoms with Crippen LogP contribution in [0.5, 0.6) is 0 Å². The number of aromatic amines is 1. The zero-order valence-corrected chi connectivity index (χ0v) is 15.1. The standard InChI is InChI=1S/C14H13ClF3N5O3S/c15-10-7-8(23-5-1-2-6-27(23,25)26)3-4-9(10)11(24)19-13-20-12(21-22-13)14(16,17)18/h3-4,7H,1-2,5-6H2,(H2,19,20,21,22,24). The minimum Gasteiger partial charge on any atom is -0.289 e. The molecule has 1 amide bonds. The Morgan fingerprint density at radius 2 is 2.04 bits per heavy atom. The van der Waals surface area contributed by atoms with E-state index in [0.29, 0.717) is 25.1 Å². The molecular formula is C14H13ClF3N5O3S. The smallest absolute Gasteiger partial charge is 0.289 e. The first kappa shape index (κ1) is 19.4. The molecule has 27 heavy (non-hydrogen) atoms. The van der Waals surface area contributed by atoms with E-state index in [4.69, 9.17) is 11.6 Å². The maximum absolute atomic E-state index is 12.5. The zero-order chi connectivity index (χ0) is 19.8. The molecule has 8 nitrogen and oxygen atoms in total. The number of benzene rings is 1. The summed E-state index contributed by atoms with van der Waals surface area (Å²) in [4.78, 5) is 15.3. The Hall–Kier alpha value is -2.34. The fourth-order valence-electron chi connectivity index (χ4n) is 2.54. The number of alkyl halides is 3. The van der Waals surface area contributed by atoms with E-state index in [9.17, 15) is 26.4 Å². The summed E-state index contributed by atoms with van der Waals surface area (Å²) < 4.78 is 62.9. The van der Waals surface area contributed by atoms with E-state index in [1.54, 1.807) is 5.10 Å². The Bertz CT molecular complexity index is 977. The number of sulfonamides is 1. The van der Waals surface area contributed by atoms with Gasteiger partial charge in [0.25, 0.3) is 5.91 Å². The van der Waals surface area contributed by atoms with Crippen LogP contribution in [0.15, 0.2) is 18.2 Å². The molecule has 2 aromatic rings. The van der Waals surface area contributed by atoms with E-state index in [1.165, 1.54) is 22.5 Å². The van der Waals surface area contributed by atoms with E-state index in [0.717, 1.165) is 0 Å². The highest BCUT2D eigenvalue weighted by molar-refractivity contribution is 7.92. The molecule has 1 saturated heterocycles. The fraction of sp³-hybridized carbons (Fsp3) is 0.357. The maximum Gasteiger partial charge on any atom is 0.451 e. The second kappa shape index (κ2) is 7.00. The van der Waals surface area contributed by atoms with Crippen molar-refractivity contribution in [3.8, 4) is 0 Å². The average Bonchev–Trinajstić information content (AvgIpc) is 3.03. The number of H-pyrrole nitrogens is 1. The summed E-state index contributed by atoms with van der Waals surface area (Å²) in [5.41, 5.74) is 0.252. The first-order chi connectivity index (χ1) is 12.6. The summed E-state index contributed by atoms with van der Waals surface area (Å²) in [7, 11) is -3.44. The maximum atomic E-state index is 12.5. The Labute approximate surface area is 156 Å². The van der Waals surface area contributed by atoms with Crippen LogP contribution in [0.1, 0.15) is 29.0 Å². The molecule has 1 aromatic carbocycles. The van der Waals surface area contributed by atoms with Gasteiger partial charge in [-0.3, -0.25) is 19.5 Å². The highest BCUT2D eigenvalue weighted by Crippen LogP contribution is 2.29. The van der Waals surface area contributed by atoms with Crippen molar-refractivity contribution in [3.05, 3.63) is 34.6 Å². The predicted molar refractivity (Wildman–Crippen MR) is 91.2 cm³/mol. The molecule has 0 unspecified atom stereocenters. The third kappa shape index (κ3) is 4.16. The van der Waals surface area contributed by atoms with Gasteiger partial charge in [-0.1, -0.05) is 11.6 Å². The van der Waals surface area contributed by atoms with Crippen molar-refractivity contribution < 1.29 is 26.4 Å². The van der Waals surface area contributed by atoms with Crippen LogP contribution in [0, 0.1) is 0 Å². The molecule has 3 rings (SSSR count). The first-order valence-corrected chi connectivity index (χ1v) is 9.67. The number of carbonyl (C=O) groups is 1.